The fourth-order valence-electron chi connectivity index (χ4n) is 1.89. The normalized spacial score (nSPS) is 17.7. The van der Waals surface area contributed by atoms with Crippen LogP contribution in [0.5, 0.6) is 0 Å². The zero-order valence-corrected chi connectivity index (χ0v) is 10.5. The Morgan fingerprint density at radius 1 is 1.26 bits per heavy atom. The van der Waals surface area contributed by atoms with Crippen molar-refractivity contribution in [2.45, 2.75) is 18.9 Å². The fraction of sp³-hybridized carbons (Fsp3) is 0.308. The van der Waals surface area contributed by atoms with Crippen LogP contribution in [-0.2, 0) is 9.59 Å². The van der Waals surface area contributed by atoms with E-state index in [0.29, 0.717) is 24.1 Å². The van der Waals surface area contributed by atoms with E-state index in [9.17, 15) is 14.4 Å². The predicted octanol–water partition coefficient (Wildman–Crippen LogP) is 0.263. The first-order valence-electron chi connectivity index (χ1n) is 6.02. The molecule has 6 nitrogen and oxygen atoms in total. The van der Waals surface area contributed by atoms with Gasteiger partial charge >= 0.3 is 0 Å². The van der Waals surface area contributed by atoms with Crippen LogP contribution in [0.2, 0.25) is 0 Å². The topological polar surface area (TPSA) is 87.3 Å². The Bertz CT molecular complexity index is 510. The third-order valence-corrected chi connectivity index (χ3v) is 2.95. The third kappa shape index (κ3) is 3.09. The Labute approximate surface area is 110 Å². The van der Waals surface area contributed by atoms with Crippen molar-refractivity contribution >= 4 is 23.4 Å². The number of anilines is 1. The van der Waals surface area contributed by atoms with Crippen LogP contribution in [-0.4, -0.2) is 30.8 Å². The van der Waals surface area contributed by atoms with E-state index in [1.807, 2.05) is 0 Å². The van der Waals surface area contributed by atoms with Gasteiger partial charge in [0.1, 0.15) is 6.04 Å². The molecular weight excluding hydrogens is 246 g/mol. The van der Waals surface area contributed by atoms with Gasteiger partial charge in [-0.15, -0.1) is 0 Å². The summed E-state index contributed by atoms with van der Waals surface area (Å²) in [4.78, 5) is 34.2. The summed E-state index contributed by atoms with van der Waals surface area (Å²) in [5, 5.41) is 7.82. The molecule has 0 spiro atoms. The minimum absolute atomic E-state index is 0.102. The number of hydrogen-bond acceptors (Lipinski definition) is 3. The van der Waals surface area contributed by atoms with Crippen molar-refractivity contribution < 1.29 is 14.4 Å². The molecule has 0 unspecified atom stereocenters. The first kappa shape index (κ1) is 13.1. The van der Waals surface area contributed by atoms with E-state index in [2.05, 4.69) is 16.0 Å². The summed E-state index contributed by atoms with van der Waals surface area (Å²) in [5.74, 6) is -0.519. The summed E-state index contributed by atoms with van der Waals surface area (Å²) in [7, 11) is 1.56. The summed E-state index contributed by atoms with van der Waals surface area (Å²) in [6.07, 6.45) is 0.898. The molecule has 6 heteroatoms. The van der Waals surface area contributed by atoms with E-state index in [4.69, 9.17) is 0 Å². The minimum Gasteiger partial charge on any atom is -0.355 e. The van der Waals surface area contributed by atoms with E-state index < -0.39 is 6.04 Å². The van der Waals surface area contributed by atoms with Crippen molar-refractivity contribution in [2.24, 2.45) is 0 Å². The zero-order chi connectivity index (χ0) is 13.8. The fourth-order valence-corrected chi connectivity index (χ4v) is 1.89. The lowest BCUT2D eigenvalue weighted by atomic mass is 10.1. The molecule has 19 heavy (non-hydrogen) atoms. The van der Waals surface area contributed by atoms with Crippen LogP contribution in [0.1, 0.15) is 23.2 Å². The number of hydrogen-bond donors (Lipinski definition) is 3. The second kappa shape index (κ2) is 5.51. The summed E-state index contributed by atoms with van der Waals surface area (Å²) in [6, 6.07) is 6.09. The SMILES string of the molecule is CNC(=O)c1ccc(NC(=O)[C@@H]2CCC(=O)N2)cc1. The number of nitrogens with one attached hydrogen (secondary N) is 3. The molecule has 0 bridgehead atoms. The van der Waals surface area contributed by atoms with Gasteiger partial charge in [-0.05, 0) is 30.7 Å². The van der Waals surface area contributed by atoms with Gasteiger partial charge in [-0.25, -0.2) is 0 Å². The van der Waals surface area contributed by atoms with Gasteiger partial charge in [0.05, 0.1) is 0 Å². The van der Waals surface area contributed by atoms with Crippen molar-refractivity contribution in [1.82, 2.24) is 10.6 Å². The molecule has 100 valence electrons. The van der Waals surface area contributed by atoms with E-state index in [1.54, 1.807) is 31.3 Å². The molecular formula is C13H15N3O3. The Kier molecular flexibility index (Phi) is 3.79. The first-order valence-corrected chi connectivity index (χ1v) is 6.02. The molecule has 2 rings (SSSR count). The maximum absolute atomic E-state index is 11.8. The number of carbonyl (C=O) groups excluding carboxylic acids is 3. The Hall–Kier alpha value is -2.37. The third-order valence-electron chi connectivity index (χ3n) is 2.95. The Morgan fingerprint density at radius 2 is 1.95 bits per heavy atom. The largest absolute Gasteiger partial charge is 0.355 e. The summed E-state index contributed by atoms with van der Waals surface area (Å²) < 4.78 is 0. The molecule has 0 saturated carbocycles. The molecule has 0 aliphatic carbocycles. The molecule has 0 aromatic heterocycles. The lowest BCUT2D eigenvalue weighted by molar-refractivity contribution is -0.122. The number of benzene rings is 1. The summed E-state index contributed by atoms with van der Waals surface area (Å²) >= 11 is 0. The van der Waals surface area contributed by atoms with Gasteiger partial charge in [0.2, 0.25) is 11.8 Å². The lowest BCUT2D eigenvalue weighted by Crippen LogP contribution is -2.37. The summed E-state index contributed by atoms with van der Waals surface area (Å²) in [5.41, 5.74) is 1.12. The maximum Gasteiger partial charge on any atom is 0.251 e. The average molecular weight is 261 g/mol. The molecule has 1 aromatic rings. The van der Waals surface area contributed by atoms with Crippen molar-refractivity contribution in [3.63, 3.8) is 0 Å². The van der Waals surface area contributed by atoms with Crippen LogP contribution in [0.3, 0.4) is 0 Å². The monoisotopic (exact) mass is 261 g/mol. The van der Waals surface area contributed by atoms with Gasteiger partial charge in [0, 0.05) is 24.7 Å². The number of carbonyl (C=O) groups is 3. The smallest absolute Gasteiger partial charge is 0.251 e. The Balaban J connectivity index is 1.97. The number of rotatable bonds is 3. The van der Waals surface area contributed by atoms with Crippen molar-refractivity contribution in [2.75, 3.05) is 12.4 Å². The van der Waals surface area contributed by atoms with Crippen LogP contribution in [0, 0.1) is 0 Å². The van der Waals surface area contributed by atoms with Gasteiger partial charge in [0.25, 0.3) is 5.91 Å². The molecule has 3 N–H and O–H groups in total. The van der Waals surface area contributed by atoms with E-state index in [1.165, 1.54) is 0 Å². The second-order valence-electron chi connectivity index (χ2n) is 4.30. The van der Waals surface area contributed by atoms with Crippen LogP contribution >= 0.6 is 0 Å². The Morgan fingerprint density at radius 3 is 2.47 bits per heavy atom. The van der Waals surface area contributed by atoms with Crippen LogP contribution in [0.4, 0.5) is 5.69 Å². The highest BCUT2D eigenvalue weighted by Crippen LogP contribution is 2.13. The molecule has 1 aliphatic heterocycles. The lowest BCUT2D eigenvalue weighted by Gasteiger charge is -2.11. The van der Waals surface area contributed by atoms with Gasteiger partial charge in [-0.2, -0.15) is 0 Å². The molecule has 1 atom stereocenters. The van der Waals surface area contributed by atoms with Crippen LogP contribution in [0.25, 0.3) is 0 Å². The highest BCUT2D eigenvalue weighted by atomic mass is 16.2. The van der Waals surface area contributed by atoms with E-state index in [0.717, 1.165) is 0 Å². The molecule has 0 radical (unpaired) electrons. The van der Waals surface area contributed by atoms with E-state index >= 15 is 0 Å². The number of amides is 3. The van der Waals surface area contributed by atoms with Gasteiger partial charge in [-0.3, -0.25) is 14.4 Å². The van der Waals surface area contributed by atoms with Gasteiger partial charge < -0.3 is 16.0 Å². The standard InChI is InChI=1S/C13H15N3O3/c1-14-12(18)8-2-4-9(5-3-8)15-13(19)10-6-7-11(17)16-10/h2-5,10H,6-7H2,1H3,(H,14,18)(H,15,19)(H,16,17)/t10-/m0/s1. The quantitative estimate of drug-likeness (QED) is 0.729. The van der Waals surface area contributed by atoms with Crippen molar-refractivity contribution in [3.8, 4) is 0 Å². The van der Waals surface area contributed by atoms with E-state index in [-0.39, 0.29) is 17.7 Å². The van der Waals surface area contributed by atoms with Crippen molar-refractivity contribution in [3.05, 3.63) is 29.8 Å². The van der Waals surface area contributed by atoms with Crippen molar-refractivity contribution in [1.29, 1.82) is 0 Å². The molecule has 1 fully saturated rings. The predicted molar refractivity (Wildman–Crippen MR) is 69.6 cm³/mol. The highest BCUT2D eigenvalue weighted by Gasteiger charge is 2.27. The first-order chi connectivity index (χ1) is 9.10. The second-order valence-corrected chi connectivity index (χ2v) is 4.30. The van der Waals surface area contributed by atoms with Crippen LogP contribution < -0.4 is 16.0 Å². The molecule has 1 heterocycles. The van der Waals surface area contributed by atoms with Gasteiger partial charge in [-0.1, -0.05) is 0 Å². The minimum atomic E-state index is -0.467. The highest BCUT2D eigenvalue weighted by molar-refractivity contribution is 5.99. The average Bonchev–Trinajstić information content (AvgIpc) is 2.85. The molecule has 1 aromatic carbocycles. The van der Waals surface area contributed by atoms with Gasteiger partial charge in [0.15, 0.2) is 0 Å². The van der Waals surface area contributed by atoms with Crippen LogP contribution in [0.15, 0.2) is 24.3 Å². The maximum atomic E-state index is 11.8. The molecule has 1 saturated heterocycles. The molecule has 3 amide bonds. The summed E-state index contributed by atoms with van der Waals surface area (Å²) in [6.45, 7) is 0. The molecule has 1 aliphatic rings. The zero-order valence-electron chi connectivity index (χ0n) is 10.5.